The van der Waals surface area contributed by atoms with Gasteiger partial charge in [-0.25, -0.2) is 0 Å². The first-order valence-corrected chi connectivity index (χ1v) is 3.19. The van der Waals surface area contributed by atoms with Gasteiger partial charge in [0.1, 0.15) is 0 Å². The number of halogens is 2. The second kappa shape index (κ2) is 2.98. The average molecular weight is 194 g/mol. The maximum atomic E-state index is 10.5. The van der Waals surface area contributed by atoms with E-state index in [-0.39, 0.29) is 11.4 Å². The number of carbonyl (C=O) groups excluding carboxylic acids is 2. The van der Waals surface area contributed by atoms with Gasteiger partial charge in [0.25, 0.3) is 10.5 Å². The van der Waals surface area contributed by atoms with E-state index < -0.39 is 10.5 Å². The summed E-state index contributed by atoms with van der Waals surface area (Å²) in [4.78, 5) is 20.9. The fraction of sp³-hybridized carbons (Fsp3) is 0. The highest BCUT2D eigenvalue weighted by Gasteiger charge is 2.18. The van der Waals surface area contributed by atoms with E-state index in [0.717, 1.165) is 0 Å². The van der Waals surface area contributed by atoms with Crippen molar-refractivity contribution in [3.8, 4) is 0 Å². The van der Waals surface area contributed by atoms with E-state index in [4.69, 9.17) is 23.2 Å². The molecule has 1 aromatic rings. The Morgan fingerprint density at radius 1 is 1.09 bits per heavy atom. The molecule has 0 spiro atoms. The smallest absolute Gasteiger partial charge is 0.274 e. The predicted octanol–water partition coefficient (Wildman–Crippen LogP) is 0.563. The molecule has 0 aliphatic heterocycles. The van der Waals surface area contributed by atoms with Gasteiger partial charge in [0.2, 0.25) is 0 Å². The van der Waals surface area contributed by atoms with E-state index in [1.165, 1.54) is 0 Å². The maximum Gasteiger partial charge on any atom is 0.275 e. The Labute approximate surface area is 70.7 Å². The van der Waals surface area contributed by atoms with Crippen molar-refractivity contribution >= 4 is 33.7 Å². The number of aromatic nitrogens is 3. The molecule has 58 valence electrons. The quantitative estimate of drug-likeness (QED) is 0.697. The molecule has 0 amide bonds. The summed E-state index contributed by atoms with van der Waals surface area (Å²) in [5, 5.41) is 6.93. The van der Waals surface area contributed by atoms with Crippen LogP contribution in [0.2, 0.25) is 0 Å². The van der Waals surface area contributed by atoms with Gasteiger partial charge in [-0.05, 0) is 23.2 Å². The van der Waals surface area contributed by atoms with Gasteiger partial charge in [-0.2, -0.15) is 15.4 Å². The molecule has 11 heavy (non-hydrogen) atoms. The van der Waals surface area contributed by atoms with Crippen LogP contribution in [0.5, 0.6) is 0 Å². The molecule has 0 fully saturated rings. The summed E-state index contributed by atoms with van der Waals surface area (Å²) in [6, 6.07) is 0. The van der Waals surface area contributed by atoms with Gasteiger partial charge in [0.05, 0.1) is 0 Å². The molecular weight excluding hydrogens is 193 g/mol. The number of H-pyrrole nitrogens is 1. The molecule has 0 saturated heterocycles. The summed E-state index contributed by atoms with van der Waals surface area (Å²) in [6.07, 6.45) is 0. The van der Waals surface area contributed by atoms with Crippen molar-refractivity contribution < 1.29 is 9.59 Å². The Hall–Kier alpha value is -0.940. The van der Waals surface area contributed by atoms with E-state index >= 15 is 0 Å². The number of hydrogen-bond donors (Lipinski definition) is 1. The lowest BCUT2D eigenvalue weighted by atomic mass is 10.4. The molecule has 0 saturated carbocycles. The topological polar surface area (TPSA) is 75.7 Å². The highest BCUT2D eigenvalue weighted by atomic mass is 35.5. The van der Waals surface area contributed by atoms with Crippen LogP contribution in [0.15, 0.2) is 0 Å². The molecular formula is C4HCl2N3O2. The van der Waals surface area contributed by atoms with Crippen LogP contribution in [0.25, 0.3) is 0 Å². The first-order chi connectivity index (χ1) is 5.13. The lowest BCUT2D eigenvalue weighted by Gasteiger charge is -1.84. The Morgan fingerprint density at radius 2 is 1.45 bits per heavy atom. The van der Waals surface area contributed by atoms with Crippen molar-refractivity contribution in [1.29, 1.82) is 0 Å². The minimum absolute atomic E-state index is 0.258. The molecule has 1 aromatic heterocycles. The molecule has 0 bridgehead atoms. The van der Waals surface area contributed by atoms with Gasteiger partial charge < -0.3 is 0 Å². The lowest BCUT2D eigenvalue weighted by Crippen LogP contribution is -1.99. The van der Waals surface area contributed by atoms with Crippen molar-refractivity contribution in [3.05, 3.63) is 11.4 Å². The number of carbonyl (C=O) groups is 2. The van der Waals surface area contributed by atoms with E-state index in [1.54, 1.807) is 0 Å². The molecule has 1 rings (SSSR count). The van der Waals surface area contributed by atoms with Gasteiger partial charge in [-0.15, -0.1) is 0 Å². The molecule has 7 heteroatoms. The number of nitrogens with zero attached hydrogens (tertiary/aromatic N) is 2. The highest BCUT2D eigenvalue weighted by molar-refractivity contribution is 6.71. The fourth-order valence-electron chi connectivity index (χ4n) is 0.505. The molecule has 0 atom stereocenters. The lowest BCUT2D eigenvalue weighted by molar-refractivity contribution is 0.104. The third-order valence-corrected chi connectivity index (χ3v) is 1.28. The summed E-state index contributed by atoms with van der Waals surface area (Å²) in [6.45, 7) is 0. The SMILES string of the molecule is O=C(Cl)c1n[nH]nc1C(=O)Cl. The summed E-state index contributed by atoms with van der Waals surface area (Å²) in [5.41, 5.74) is -0.515. The Kier molecular flexibility index (Phi) is 2.21. The zero-order valence-electron chi connectivity index (χ0n) is 4.97. The van der Waals surface area contributed by atoms with Crippen LogP contribution in [0, 0.1) is 0 Å². The van der Waals surface area contributed by atoms with E-state index in [2.05, 4.69) is 15.4 Å². The summed E-state index contributed by atoms with van der Waals surface area (Å²) < 4.78 is 0. The summed E-state index contributed by atoms with van der Waals surface area (Å²) >= 11 is 10.0. The average Bonchev–Trinajstić information content (AvgIpc) is 2.32. The summed E-state index contributed by atoms with van der Waals surface area (Å²) in [7, 11) is 0. The number of aromatic amines is 1. The molecule has 0 radical (unpaired) electrons. The van der Waals surface area contributed by atoms with Crippen molar-refractivity contribution in [3.63, 3.8) is 0 Å². The molecule has 0 unspecified atom stereocenters. The van der Waals surface area contributed by atoms with Crippen LogP contribution >= 0.6 is 23.2 Å². The van der Waals surface area contributed by atoms with Gasteiger partial charge >= 0.3 is 0 Å². The largest absolute Gasteiger partial charge is 0.275 e. The maximum absolute atomic E-state index is 10.5. The minimum atomic E-state index is -0.872. The van der Waals surface area contributed by atoms with Gasteiger partial charge in [0.15, 0.2) is 11.4 Å². The van der Waals surface area contributed by atoms with Crippen LogP contribution < -0.4 is 0 Å². The molecule has 1 heterocycles. The second-order valence-electron chi connectivity index (χ2n) is 1.57. The fourth-order valence-corrected chi connectivity index (χ4v) is 0.769. The Bertz CT molecular complexity index is 280. The molecule has 5 nitrogen and oxygen atoms in total. The van der Waals surface area contributed by atoms with Crippen molar-refractivity contribution in [1.82, 2.24) is 15.4 Å². The van der Waals surface area contributed by atoms with Crippen molar-refractivity contribution in [2.45, 2.75) is 0 Å². The van der Waals surface area contributed by atoms with E-state index in [9.17, 15) is 9.59 Å². The van der Waals surface area contributed by atoms with Crippen LogP contribution in [0.1, 0.15) is 21.0 Å². The second-order valence-corrected chi connectivity index (χ2v) is 2.25. The monoisotopic (exact) mass is 193 g/mol. The molecule has 0 aliphatic carbocycles. The molecule has 0 aromatic carbocycles. The van der Waals surface area contributed by atoms with Crippen LogP contribution in [-0.4, -0.2) is 25.9 Å². The third-order valence-electron chi connectivity index (χ3n) is 0.920. The molecule has 1 N–H and O–H groups in total. The van der Waals surface area contributed by atoms with Crippen molar-refractivity contribution in [2.24, 2.45) is 0 Å². The van der Waals surface area contributed by atoms with E-state index in [1.807, 2.05) is 0 Å². The highest BCUT2D eigenvalue weighted by Crippen LogP contribution is 2.06. The third kappa shape index (κ3) is 1.55. The summed E-state index contributed by atoms with van der Waals surface area (Å²) in [5.74, 6) is 0. The standard InChI is InChI=1S/C4HCl2N3O2/c5-3(10)1-2(4(6)11)8-9-7-1/h(H,7,8,9). The van der Waals surface area contributed by atoms with Crippen LogP contribution in [0.4, 0.5) is 0 Å². The zero-order chi connectivity index (χ0) is 8.43. The predicted molar refractivity (Wildman–Crippen MR) is 36.7 cm³/mol. The minimum Gasteiger partial charge on any atom is -0.274 e. The first kappa shape index (κ1) is 8.16. The van der Waals surface area contributed by atoms with Crippen LogP contribution in [-0.2, 0) is 0 Å². The van der Waals surface area contributed by atoms with Gasteiger partial charge in [-0.3, -0.25) is 9.59 Å². The number of hydrogen-bond acceptors (Lipinski definition) is 4. The Balaban J connectivity index is 3.16. The van der Waals surface area contributed by atoms with Crippen LogP contribution in [0.3, 0.4) is 0 Å². The first-order valence-electron chi connectivity index (χ1n) is 2.43. The van der Waals surface area contributed by atoms with Gasteiger partial charge in [-0.1, -0.05) is 0 Å². The van der Waals surface area contributed by atoms with Crippen molar-refractivity contribution in [2.75, 3.05) is 0 Å². The number of nitrogens with one attached hydrogen (secondary N) is 1. The van der Waals surface area contributed by atoms with E-state index in [0.29, 0.717) is 0 Å². The Morgan fingerprint density at radius 3 is 1.73 bits per heavy atom. The zero-order valence-corrected chi connectivity index (χ0v) is 6.48. The van der Waals surface area contributed by atoms with Gasteiger partial charge in [0, 0.05) is 0 Å². The number of rotatable bonds is 2. The molecule has 0 aliphatic rings. The normalized spacial score (nSPS) is 9.64.